The Morgan fingerprint density at radius 3 is 2.48 bits per heavy atom. The molecule has 0 saturated carbocycles. The molecule has 144 valence electrons. The molecule has 2 aromatic rings. The number of aromatic nitrogens is 1. The predicted molar refractivity (Wildman–Crippen MR) is 106 cm³/mol. The Labute approximate surface area is 163 Å². The van der Waals surface area contributed by atoms with Gasteiger partial charge in [-0.15, -0.1) is 11.3 Å². The second-order valence-electron chi connectivity index (χ2n) is 7.13. The van der Waals surface area contributed by atoms with E-state index in [1.807, 2.05) is 36.9 Å². The third kappa shape index (κ3) is 4.00. The topological polar surface area (TPSA) is 54.9 Å². The SMILES string of the molecule is CC1CN(C(=O)c2cc(-c3ccncc3)c(N3CCOCC3)s2)CC(C)O1. The molecule has 7 heteroatoms. The predicted octanol–water partition coefficient (Wildman–Crippen LogP) is 2.90. The van der Waals surface area contributed by atoms with Gasteiger partial charge in [0.15, 0.2) is 0 Å². The minimum Gasteiger partial charge on any atom is -0.378 e. The number of morpholine rings is 2. The number of ether oxygens (including phenoxy) is 2. The van der Waals surface area contributed by atoms with E-state index in [-0.39, 0.29) is 18.1 Å². The van der Waals surface area contributed by atoms with Gasteiger partial charge in [0.1, 0.15) is 0 Å². The molecule has 2 atom stereocenters. The lowest BCUT2D eigenvalue weighted by atomic mass is 10.1. The minimum absolute atomic E-state index is 0.0658. The summed E-state index contributed by atoms with van der Waals surface area (Å²) < 4.78 is 11.3. The van der Waals surface area contributed by atoms with Crippen molar-refractivity contribution in [3.63, 3.8) is 0 Å². The van der Waals surface area contributed by atoms with Crippen molar-refractivity contribution in [1.82, 2.24) is 9.88 Å². The zero-order valence-corrected chi connectivity index (χ0v) is 16.6. The van der Waals surface area contributed by atoms with E-state index in [1.54, 1.807) is 23.7 Å². The number of carbonyl (C=O) groups excluding carboxylic acids is 1. The first-order valence-electron chi connectivity index (χ1n) is 9.43. The van der Waals surface area contributed by atoms with E-state index in [0.29, 0.717) is 13.1 Å². The molecule has 27 heavy (non-hydrogen) atoms. The van der Waals surface area contributed by atoms with Gasteiger partial charge in [0, 0.05) is 44.1 Å². The Bertz CT molecular complexity index is 779. The summed E-state index contributed by atoms with van der Waals surface area (Å²) in [5.41, 5.74) is 2.19. The van der Waals surface area contributed by atoms with Gasteiger partial charge in [-0.05, 0) is 37.6 Å². The third-order valence-corrected chi connectivity index (χ3v) is 6.10. The Kier molecular flexibility index (Phi) is 5.43. The van der Waals surface area contributed by atoms with Crippen molar-refractivity contribution >= 4 is 22.2 Å². The average Bonchev–Trinajstić information content (AvgIpc) is 3.13. The highest BCUT2D eigenvalue weighted by molar-refractivity contribution is 7.18. The molecule has 0 aliphatic carbocycles. The van der Waals surface area contributed by atoms with Crippen LogP contribution in [0.1, 0.15) is 23.5 Å². The Balaban J connectivity index is 1.67. The van der Waals surface area contributed by atoms with Gasteiger partial charge in [-0.1, -0.05) is 0 Å². The highest BCUT2D eigenvalue weighted by Crippen LogP contribution is 2.40. The van der Waals surface area contributed by atoms with E-state index in [4.69, 9.17) is 9.47 Å². The summed E-state index contributed by atoms with van der Waals surface area (Å²) in [6.07, 6.45) is 3.72. The quantitative estimate of drug-likeness (QED) is 0.811. The fourth-order valence-corrected chi connectivity index (χ4v) is 4.93. The number of rotatable bonds is 3. The molecule has 0 spiro atoms. The molecule has 0 N–H and O–H groups in total. The maximum absolute atomic E-state index is 13.2. The first-order chi connectivity index (χ1) is 13.1. The number of anilines is 1. The van der Waals surface area contributed by atoms with Crippen LogP contribution in [0.5, 0.6) is 0 Å². The maximum Gasteiger partial charge on any atom is 0.264 e. The summed E-state index contributed by atoms with van der Waals surface area (Å²) in [7, 11) is 0. The molecule has 0 bridgehead atoms. The first kappa shape index (κ1) is 18.4. The number of carbonyl (C=O) groups is 1. The van der Waals surface area contributed by atoms with Gasteiger partial charge in [-0.2, -0.15) is 0 Å². The van der Waals surface area contributed by atoms with Crippen molar-refractivity contribution in [2.24, 2.45) is 0 Å². The summed E-state index contributed by atoms with van der Waals surface area (Å²) in [6, 6.07) is 6.04. The Morgan fingerprint density at radius 1 is 1.15 bits per heavy atom. The Hall–Kier alpha value is -1.96. The highest BCUT2D eigenvalue weighted by atomic mass is 32.1. The molecule has 4 heterocycles. The van der Waals surface area contributed by atoms with Crippen LogP contribution in [0.15, 0.2) is 30.6 Å². The molecule has 2 saturated heterocycles. The second-order valence-corrected chi connectivity index (χ2v) is 8.16. The van der Waals surface area contributed by atoms with E-state index >= 15 is 0 Å². The zero-order valence-electron chi connectivity index (χ0n) is 15.8. The van der Waals surface area contributed by atoms with E-state index < -0.39 is 0 Å². The second kappa shape index (κ2) is 7.96. The fourth-order valence-electron chi connectivity index (χ4n) is 3.73. The van der Waals surface area contributed by atoms with Crippen LogP contribution in [0, 0.1) is 0 Å². The van der Waals surface area contributed by atoms with Crippen LogP contribution in [-0.4, -0.2) is 67.4 Å². The van der Waals surface area contributed by atoms with Crippen molar-refractivity contribution in [3.8, 4) is 11.1 Å². The number of hydrogen-bond acceptors (Lipinski definition) is 6. The molecule has 2 aromatic heterocycles. The number of nitrogens with zero attached hydrogens (tertiary/aromatic N) is 3. The van der Waals surface area contributed by atoms with Crippen molar-refractivity contribution in [1.29, 1.82) is 0 Å². The van der Waals surface area contributed by atoms with E-state index in [9.17, 15) is 4.79 Å². The standard InChI is InChI=1S/C20H25N3O3S/c1-14-12-23(13-15(2)26-14)19(24)18-11-17(16-3-5-21-6-4-16)20(27-18)22-7-9-25-10-8-22/h3-6,11,14-15H,7-10,12-13H2,1-2H3. The van der Waals surface area contributed by atoms with Crippen molar-refractivity contribution in [3.05, 3.63) is 35.5 Å². The van der Waals surface area contributed by atoms with Crippen LogP contribution < -0.4 is 4.90 Å². The number of thiophene rings is 1. The number of pyridine rings is 1. The number of hydrogen-bond donors (Lipinski definition) is 0. The van der Waals surface area contributed by atoms with Gasteiger partial charge in [0.2, 0.25) is 0 Å². The van der Waals surface area contributed by atoms with Crippen LogP contribution >= 0.6 is 11.3 Å². The molecule has 4 rings (SSSR count). The van der Waals surface area contributed by atoms with Gasteiger partial charge in [0.25, 0.3) is 5.91 Å². The van der Waals surface area contributed by atoms with E-state index in [1.165, 1.54) is 0 Å². The van der Waals surface area contributed by atoms with Crippen LogP contribution in [0.25, 0.3) is 11.1 Å². The smallest absolute Gasteiger partial charge is 0.264 e. The molecule has 0 radical (unpaired) electrons. The van der Waals surface area contributed by atoms with Crippen molar-refractivity contribution in [2.45, 2.75) is 26.1 Å². The lowest BCUT2D eigenvalue weighted by molar-refractivity contribution is -0.0585. The Morgan fingerprint density at radius 2 is 1.81 bits per heavy atom. The molecule has 2 unspecified atom stereocenters. The highest BCUT2D eigenvalue weighted by Gasteiger charge is 2.29. The van der Waals surface area contributed by atoms with Crippen LogP contribution in [0.4, 0.5) is 5.00 Å². The largest absolute Gasteiger partial charge is 0.378 e. The maximum atomic E-state index is 13.2. The van der Waals surface area contributed by atoms with Crippen LogP contribution in [0.2, 0.25) is 0 Å². The summed E-state index contributed by atoms with van der Waals surface area (Å²) in [6.45, 7) is 8.44. The molecule has 6 nitrogen and oxygen atoms in total. The van der Waals surface area contributed by atoms with Crippen molar-refractivity contribution in [2.75, 3.05) is 44.3 Å². The van der Waals surface area contributed by atoms with Gasteiger partial charge in [-0.3, -0.25) is 9.78 Å². The monoisotopic (exact) mass is 387 g/mol. The first-order valence-corrected chi connectivity index (χ1v) is 10.2. The lowest BCUT2D eigenvalue weighted by Crippen LogP contribution is -2.48. The summed E-state index contributed by atoms with van der Waals surface area (Å²) >= 11 is 1.58. The normalized spacial score (nSPS) is 23.5. The van der Waals surface area contributed by atoms with Gasteiger partial charge in [0.05, 0.1) is 35.3 Å². The van der Waals surface area contributed by atoms with Crippen molar-refractivity contribution < 1.29 is 14.3 Å². The molecular weight excluding hydrogens is 362 g/mol. The molecule has 0 aromatic carbocycles. The van der Waals surface area contributed by atoms with Crippen LogP contribution in [0.3, 0.4) is 0 Å². The van der Waals surface area contributed by atoms with Gasteiger partial charge < -0.3 is 19.3 Å². The average molecular weight is 388 g/mol. The third-order valence-electron chi connectivity index (χ3n) is 4.92. The van der Waals surface area contributed by atoms with Gasteiger partial charge in [-0.25, -0.2) is 0 Å². The minimum atomic E-state index is 0.0658. The molecule has 1 amide bonds. The summed E-state index contributed by atoms with van der Waals surface area (Å²) in [5.74, 6) is 0.0943. The van der Waals surface area contributed by atoms with E-state index in [2.05, 4.69) is 9.88 Å². The molecule has 2 aliphatic rings. The summed E-state index contributed by atoms with van der Waals surface area (Å²) in [4.78, 5) is 22.3. The zero-order chi connectivity index (χ0) is 18.8. The number of amides is 1. The van der Waals surface area contributed by atoms with Crippen LogP contribution in [-0.2, 0) is 9.47 Å². The van der Waals surface area contributed by atoms with E-state index in [0.717, 1.165) is 47.3 Å². The van der Waals surface area contributed by atoms with Gasteiger partial charge >= 0.3 is 0 Å². The summed E-state index contributed by atoms with van der Waals surface area (Å²) in [5, 5.41) is 1.14. The molecular formula is C20H25N3O3S. The molecule has 2 aliphatic heterocycles. The fraction of sp³-hybridized carbons (Fsp3) is 0.500. The lowest BCUT2D eigenvalue weighted by Gasteiger charge is -2.35. The molecule has 2 fully saturated rings.